The molecular formula is C14H21Cl2N3. The Morgan fingerprint density at radius 2 is 2.05 bits per heavy atom. The molecule has 1 aromatic heterocycles. The molecule has 0 amide bonds. The lowest BCUT2D eigenvalue weighted by Gasteiger charge is -2.32. The minimum atomic E-state index is 0.536. The average Bonchev–Trinajstić information content (AvgIpc) is 2.36. The van der Waals surface area contributed by atoms with Crippen molar-refractivity contribution in [3.05, 3.63) is 27.5 Å². The number of likely N-dealkylation sites (tertiary alicyclic amines) is 1. The number of hydrogen-bond acceptors (Lipinski definition) is 3. The predicted octanol–water partition coefficient (Wildman–Crippen LogP) is 3.26. The monoisotopic (exact) mass is 301 g/mol. The second kappa shape index (κ2) is 6.89. The summed E-state index contributed by atoms with van der Waals surface area (Å²) >= 11 is 12.5. The fourth-order valence-electron chi connectivity index (χ4n) is 2.66. The zero-order valence-corrected chi connectivity index (χ0v) is 12.8. The fraction of sp³-hybridized carbons (Fsp3) is 0.643. The molecule has 1 aliphatic rings. The lowest BCUT2D eigenvalue weighted by Crippen LogP contribution is -2.34. The molecule has 2 heterocycles. The van der Waals surface area contributed by atoms with Crippen molar-refractivity contribution < 1.29 is 0 Å². The molecule has 0 bridgehead atoms. The van der Waals surface area contributed by atoms with E-state index < -0.39 is 0 Å². The van der Waals surface area contributed by atoms with E-state index in [0.717, 1.165) is 54.8 Å². The van der Waals surface area contributed by atoms with E-state index in [1.807, 2.05) is 13.0 Å². The largest absolute Gasteiger partial charge is 0.330 e. The lowest BCUT2D eigenvalue weighted by molar-refractivity contribution is 0.173. The van der Waals surface area contributed by atoms with Crippen molar-refractivity contribution in [2.24, 2.45) is 11.7 Å². The minimum absolute atomic E-state index is 0.536. The molecule has 0 aliphatic carbocycles. The standard InChI is InChI=1S/C14H21Cl2N3/c1-10-8-13(15)12(14(16)18-10)9-19-6-3-11(2-5-17)4-7-19/h8,11H,2-7,9,17H2,1H3. The van der Waals surface area contributed by atoms with E-state index >= 15 is 0 Å². The Hall–Kier alpha value is -0.350. The number of aromatic nitrogens is 1. The van der Waals surface area contributed by atoms with Gasteiger partial charge in [-0.05, 0) is 57.8 Å². The molecule has 2 rings (SSSR count). The molecule has 5 heteroatoms. The molecule has 1 aliphatic heterocycles. The maximum absolute atomic E-state index is 6.26. The maximum atomic E-state index is 6.26. The molecule has 0 saturated carbocycles. The third-order valence-electron chi connectivity index (χ3n) is 3.81. The first-order chi connectivity index (χ1) is 9.10. The molecule has 1 fully saturated rings. The van der Waals surface area contributed by atoms with Gasteiger partial charge in [0.2, 0.25) is 0 Å². The summed E-state index contributed by atoms with van der Waals surface area (Å²) in [4.78, 5) is 6.68. The summed E-state index contributed by atoms with van der Waals surface area (Å²) in [6.07, 6.45) is 3.57. The van der Waals surface area contributed by atoms with Gasteiger partial charge in [0, 0.05) is 22.8 Å². The highest BCUT2D eigenvalue weighted by Gasteiger charge is 2.20. The lowest BCUT2D eigenvalue weighted by atomic mass is 9.93. The number of nitrogens with zero attached hydrogens (tertiary/aromatic N) is 2. The summed E-state index contributed by atoms with van der Waals surface area (Å²) in [7, 11) is 0. The molecule has 106 valence electrons. The molecule has 2 N–H and O–H groups in total. The fourth-order valence-corrected chi connectivity index (χ4v) is 3.31. The van der Waals surface area contributed by atoms with Crippen LogP contribution in [-0.4, -0.2) is 29.5 Å². The molecule has 0 radical (unpaired) electrons. The van der Waals surface area contributed by atoms with E-state index in [9.17, 15) is 0 Å². The van der Waals surface area contributed by atoms with Crippen LogP contribution >= 0.6 is 23.2 Å². The van der Waals surface area contributed by atoms with Gasteiger partial charge in [0.05, 0.1) is 0 Å². The second-order valence-corrected chi connectivity index (χ2v) is 6.08. The zero-order valence-electron chi connectivity index (χ0n) is 11.3. The van der Waals surface area contributed by atoms with Crippen LogP contribution in [0.3, 0.4) is 0 Å². The number of nitrogens with two attached hydrogens (primary N) is 1. The van der Waals surface area contributed by atoms with E-state index in [2.05, 4.69) is 9.88 Å². The molecule has 1 aromatic rings. The van der Waals surface area contributed by atoms with Crippen LogP contribution in [0.15, 0.2) is 6.07 Å². The van der Waals surface area contributed by atoms with Gasteiger partial charge in [-0.1, -0.05) is 23.2 Å². The Morgan fingerprint density at radius 3 is 2.63 bits per heavy atom. The van der Waals surface area contributed by atoms with Gasteiger partial charge in [0.25, 0.3) is 0 Å². The number of pyridine rings is 1. The Balaban J connectivity index is 1.96. The van der Waals surface area contributed by atoms with Crippen LogP contribution in [0.4, 0.5) is 0 Å². The highest BCUT2D eigenvalue weighted by Crippen LogP contribution is 2.27. The smallest absolute Gasteiger partial charge is 0.135 e. The Labute approximate surface area is 125 Å². The van der Waals surface area contributed by atoms with Gasteiger partial charge < -0.3 is 5.73 Å². The van der Waals surface area contributed by atoms with Gasteiger partial charge in [0.1, 0.15) is 5.15 Å². The van der Waals surface area contributed by atoms with Gasteiger partial charge in [-0.3, -0.25) is 4.90 Å². The normalized spacial score (nSPS) is 17.9. The Bertz CT molecular complexity index is 406. The van der Waals surface area contributed by atoms with Crippen molar-refractivity contribution in [2.45, 2.75) is 32.7 Å². The minimum Gasteiger partial charge on any atom is -0.330 e. The van der Waals surface area contributed by atoms with Crippen molar-refractivity contribution in [2.75, 3.05) is 19.6 Å². The van der Waals surface area contributed by atoms with Gasteiger partial charge >= 0.3 is 0 Å². The first-order valence-electron chi connectivity index (χ1n) is 6.84. The van der Waals surface area contributed by atoms with Gasteiger partial charge in [0.15, 0.2) is 0 Å². The summed E-state index contributed by atoms with van der Waals surface area (Å²) in [6.45, 7) is 5.67. The van der Waals surface area contributed by atoms with Crippen molar-refractivity contribution in [1.82, 2.24) is 9.88 Å². The topological polar surface area (TPSA) is 42.1 Å². The zero-order chi connectivity index (χ0) is 13.8. The molecule has 0 atom stereocenters. The van der Waals surface area contributed by atoms with Crippen molar-refractivity contribution in [1.29, 1.82) is 0 Å². The van der Waals surface area contributed by atoms with Crippen LogP contribution in [0.5, 0.6) is 0 Å². The van der Waals surface area contributed by atoms with Gasteiger partial charge in [-0.2, -0.15) is 0 Å². The van der Waals surface area contributed by atoms with E-state index in [0.29, 0.717) is 5.15 Å². The molecule has 0 spiro atoms. The van der Waals surface area contributed by atoms with Crippen molar-refractivity contribution in [3.8, 4) is 0 Å². The Kier molecular flexibility index (Phi) is 5.46. The van der Waals surface area contributed by atoms with Crippen molar-refractivity contribution in [3.63, 3.8) is 0 Å². The van der Waals surface area contributed by atoms with Crippen molar-refractivity contribution >= 4 is 23.2 Å². The number of piperidine rings is 1. The van der Waals surface area contributed by atoms with Gasteiger partial charge in [-0.25, -0.2) is 4.98 Å². The molecular weight excluding hydrogens is 281 g/mol. The summed E-state index contributed by atoms with van der Waals surface area (Å²) in [5, 5.41) is 1.26. The summed E-state index contributed by atoms with van der Waals surface area (Å²) in [5.74, 6) is 0.781. The van der Waals surface area contributed by atoms with Crippen LogP contribution in [0.25, 0.3) is 0 Å². The molecule has 0 unspecified atom stereocenters. The third-order valence-corrected chi connectivity index (χ3v) is 4.46. The summed E-state index contributed by atoms with van der Waals surface area (Å²) in [6, 6.07) is 1.88. The second-order valence-electron chi connectivity index (χ2n) is 5.31. The number of aryl methyl sites for hydroxylation is 1. The average molecular weight is 302 g/mol. The van der Waals surface area contributed by atoms with E-state index in [1.54, 1.807) is 0 Å². The maximum Gasteiger partial charge on any atom is 0.135 e. The van der Waals surface area contributed by atoms with E-state index in [1.165, 1.54) is 12.8 Å². The van der Waals surface area contributed by atoms with Crippen LogP contribution < -0.4 is 5.73 Å². The van der Waals surface area contributed by atoms with Gasteiger partial charge in [-0.15, -0.1) is 0 Å². The quantitative estimate of drug-likeness (QED) is 0.868. The van der Waals surface area contributed by atoms with E-state index in [4.69, 9.17) is 28.9 Å². The molecule has 19 heavy (non-hydrogen) atoms. The molecule has 1 saturated heterocycles. The molecule has 0 aromatic carbocycles. The number of hydrogen-bond donors (Lipinski definition) is 1. The van der Waals surface area contributed by atoms with Crippen LogP contribution in [0, 0.1) is 12.8 Å². The first-order valence-corrected chi connectivity index (χ1v) is 7.59. The predicted molar refractivity (Wildman–Crippen MR) is 80.7 cm³/mol. The highest BCUT2D eigenvalue weighted by atomic mass is 35.5. The number of rotatable bonds is 4. The molecule has 3 nitrogen and oxygen atoms in total. The van der Waals surface area contributed by atoms with Crippen LogP contribution in [0.2, 0.25) is 10.2 Å². The first kappa shape index (κ1) is 15.0. The Morgan fingerprint density at radius 1 is 1.37 bits per heavy atom. The highest BCUT2D eigenvalue weighted by molar-refractivity contribution is 6.35. The summed E-state index contributed by atoms with van der Waals surface area (Å²) in [5.41, 5.74) is 7.43. The third kappa shape index (κ3) is 4.06. The SMILES string of the molecule is Cc1cc(Cl)c(CN2CCC(CCN)CC2)c(Cl)n1. The van der Waals surface area contributed by atoms with Crippen LogP contribution in [0.1, 0.15) is 30.5 Å². The van der Waals surface area contributed by atoms with E-state index in [-0.39, 0.29) is 0 Å². The summed E-state index contributed by atoms with van der Waals surface area (Å²) < 4.78 is 0. The number of halogens is 2. The van der Waals surface area contributed by atoms with Crippen LogP contribution in [-0.2, 0) is 6.54 Å².